The van der Waals surface area contributed by atoms with Gasteiger partial charge in [-0.25, -0.2) is 8.42 Å². The van der Waals surface area contributed by atoms with Gasteiger partial charge in [-0.2, -0.15) is 4.31 Å². The van der Waals surface area contributed by atoms with Crippen molar-refractivity contribution in [3.8, 4) is 0 Å². The fourth-order valence-electron chi connectivity index (χ4n) is 3.80. The highest BCUT2D eigenvalue weighted by Gasteiger charge is 2.29. The Labute approximate surface area is 193 Å². The molecule has 2 amide bonds. The second-order valence-corrected chi connectivity index (χ2v) is 9.78. The maximum atomic E-state index is 13.1. The number of amides is 2. The molecule has 170 valence electrons. The summed E-state index contributed by atoms with van der Waals surface area (Å²) >= 11 is 0. The Morgan fingerprint density at radius 3 is 2.36 bits per heavy atom. The van der Waals surface area contributed by atoms with Crippen LogP contribution in [0.4, 0.5) is 0 Å². The monoisotopic (exact) mass is 463 g/mol. The highest BCUT2D eigenvalue weighted by atomic mass is 32.2. The molecular formula is C25H25N3O4S. The molecule has 1 saturated heterocycles. The van der Waals surface area contributed by atoms with Crippen LogP contribution in [0.5, 0.6) is 0 Å². The molecule has 1 unspecified atom stereocenters. The van der Waals surface area contributed by atoms with Crippen LogP contribution >= 0.6 is 0 Å². The predicted octanol–water partition coefficient (Wildman–Crippen LogP) is 2.52. The Morgan fingerprint density at radius 1 is 0.970 bits per heavy atom. The van der Waals surface area contributed by atoms with E-state index in [2.05, 4.69) is 10.6 Å². The molecular weight excluding hydrogens is 438 g/mol. The van der Waals surface area contributed by atoms with E-state index in [-0.39, 0.29) is 47.9 Å². The SMILES string of the molecule is O=C1CN(S(=O)(=O)c2cccc(C(=O)NC(Cc3ccccc3)c3ccccc3)c2)CCN1. The molecule has 0 spiro atoms. The second-order valence-electron chi connectivity index (χ2n) is 7.84. The van der Waals surface area contributed by atoms with E-state index in [1.54, 1.807) is 12.1 Å². The highest BCUT2D eigenvalue weighted by Crippen LogP contribution is 2.21. The van der Waals surface area contributed by atoms with Crippen molar-refractivity contribution < 1.29 is 18.0 Å². The summed E-state index contributed by atoms with van der Waals surface area (Å²) in [6, 6.07) is 25.2. The van der Waals surface area contributed by atoms with Gasteiger partial charge in [0.25, 0.3) is 5.91 Å². The maximum Gasteiger partial charge on any atom is 0.251 e. The molecule has 1 heterocycles. The molecule has 1 aliphatic heterocycles. The van der Waals surface area contributed by atoms with Gasteiger partial charge in [-0.1, -0.05) is 66.7 Å². The van der Waals surface area contributed by atoms with Crippen LogP contribution in [-0.4, -0.2) is 44.2 Å². The van der Waals surface area contributed by atoms with Crippen molar-refractivity contribution in [3.63, 3.8) is 0 Å². The molecule has 0 aromatic heterocycles. The fraction of sp³-hybridized carbons (Fsp3) is 0.200. The third-order valence-corrected chi connectivity index (χ3v) is 7.37. The molecule has 0 aliphatic carbocycles. The lowest BCUT2D eigenvalue weighted by molar-refractivity contribution is -0.122. The summed E-state index contributed by atoms with van der Waals surface area (Å²) in [5.74, 6) is -0.710. The quantitative estimate of drug-likeness (QED) is 0.563. The molecule has 3 aromatic rings. The molecule has 1 fully saturated rings. The van der Waals surface area contributed by atoms with Gasteiger partial charge in [0, 0.05) is 18.7 Å². The molecule has 3 aromatic carbocycles. The van der Waals surface area contributed by atoms with E-state index in [1.807, 2.05) is 60.7 Å². The Hall–Kier alpha value is -3.49. The molecule has 8 heteroatoms. The molecule has 0 bridgehead atoms. The third kappa shape index (κ3) is 5.47. The van der Waals surface area contributed by atoms with Crippen LogP contribution in [0.15, 0.2) is 89.8 Å². The first-order chi connectivity index (χ1) is 15.9. The van der Waals surface area contributed by atoms with Crippen molar-refractivity contribution in [1.29, 1.82) is 0 Å². The molecule has 4 rings (SSSR count). The summed E-state index contributed by atoms with van der Waals surface area (Å²) in [4.78, 5) is 24.8. The standard InChI is InChI=1S/C25H25N3O4S/c29-24-18-28(15-14-26-24)33(31,32)22-13-7-12-21(17-22)25(30)27-23(20-10-5-2-6-11-20)16-19-8-3-1-4-9-19/h1-13,17,23H,14-16,18H2,(H,26,29)(H,27,30). The lowest BCUT2D eigenvalue weighted by Gasteiger charge is -2.26. The van der Waals surface area contributed by atoms with Crippen LogP contribution < -0.4 is 10.6 Å². The van der Waals surface area contributed by atoms with E-state index in [9.17, 15) is 18.0 Å². The fourth-order valence-corrected chi connectivity index (χ4v) is 5.24. The molecule has 7 nitrogen and oxygen atoms in total. The maximum absolute atomic E-state index is 13.1. The Kier molecular flexibility index (Phi) is 6.86. The number of carbonyl (C=O) groups excluding carboxylic acids is 2. The number of nitrogens with zero attached hydrogens (tertiary/aromatic N) is 1. The van der Waals surface area contributed by atoms with Gasteiger partial charge in [-0.05, 0) is 35.7 Å². The first-order valence-corrected chi connectivity index (χ1v) is 12.1. The summed E-state index contributed by atoms with van der Waals surface area (Å²) in [7, 11) is -3.89. The first kappa shape index (κ1) is 22.7. The predicted molar refractivity (Wildman–Crippen MR) is 125 cm³/mol. The molecule has 1 aliphatic rings. The van der Waals surface area contributed by atoms with Crippen LogP contribution in [0.3, 0.4) is 0 Å². The number of sulfonamides is 1. The van der Waals surface area contributed by atoms with Crippen LogP contribution in [0.2, 0.25) is 0 Å². The van der Waals surface area contributed by atoms with Gasteiger partial charge in [0.1, 0.15) is 0 Å². The lowest BCUT2D eigenvalue weighted by atomic mass is 9.98. The molecule has 33 heavy (non-hydrogen) atoms. The second kappa shape index (κ2) is 9.97. The summed E-state index contributed by atoms with van der Waals surface area (Å²) in [5, 5.41) is 5.66. The van der Waals surface area contributed by atoms with Crippen LogP contribution in [0.25, 0.3) is 0 Å². The van der Waals surface area contributed by atoms with Crippen LogP contribution in [0, 0.1) is 0 Å². The number of piperazine rings is 1. The van der Waals surface area contributed by atoms with E-state index in [4.69, 9.17) is 0 Å². The van der Waals surface area contributed by atoms with E-state index in [1.165, 1.54) is 12.1 Å². The van der Waals surface area contributed by atoms with Crippen LogP contribution in [0.1, 0.15) is 27.5 Å². The van der Waals surface area contributed by atoms with Crippen molar-refractivity contribution in [1.82, 2.24) is 14.9 Å². The van der Waals surface area contributed by atoms with Gasteiger partial charge < -0.3 is 10.6 Å². The minimum atomic E-state index is -3.89. The third-order valence-electron chi connectivity index (χ3n) is 5.53. The van der Waals surface area contributed by atoms with E-state index in [0.29, 0.717) is 6.42 Å². The number of rotatable bonds is 7. The number of hydrogen-bond acceptors (Lipinski definition) is 4. The summed E-state index contributed by atoms with van der Waals surface area (Å²) in [6.07, 6.45) is 0.595. The molecule has 0 saturated carbocycles. The minimum Gasteiger partial charge on any atom is -0.354 e. The Bertz CT molecular complexity index is 1230. The zero-order valence-corrected chi connectivity index (χ0v) is 18.8. The average Bonchev–Trinajstić information content (AvgIpc) is 2.85. The van der Waals surface area contributed by atoms with Crippen molar-refractivity contribution in [2.45, 2.75) is 17.4 Å². The molecule has 1 atom stereocenters. The first-order valence-electron chi connectivity index (χ1n) is 10.7. The van der Waals surface area contributed by atoms with Crippen molar-refractivity contribution in [3.05, 3.63) is 102 Å². The molecule has 2 N–H and O–H groups in total. The Morgan fingerprint density at radius 2 is 1.67 bits per heavy atom. The molecule has 0 radical (unpaired) electrons. The van der Waals surface area contributed by atoms with Crippen molar-refractivity contribution >= 4 is 21.8 Å². The zero-order chi connectivity index (χ0) is 23.3. The number of hydrogen-bond donors (Lipinski definition) is 2. The summed E-state index contributed by atoms with van der Waals surface area (Å²) in [5.41, 5.74) is 2.27. The van der Waals surface area contributed by atoms with E-state index in [0.717, 1.165) is 15.4 Å². The number of benzene rings is 3. The summed E-state index contributed by atoms with van der Waals surface area (Å²) < 4.78 is 27.1. The van der Waals surface area contributed by atoms with Gasteiger partial charge in [-0.3, -0.25) is 9.59 Å². The average molecular weight is 464 g/mol. The van der Waals surface area contributed by atoms with Gasteiger partial charge >= 0.3 is 0 Å². The van der Waals surface area contributed by atoms with E-state index >= 15 is 0 Å². The topological polar surface area (TPSA) is 95.6 Å². The highest BCUT2D eigenvalue weighted by molar-refractivity contribution is 7.89. The lowest BCUT2D eigenvalue weighted by Crippen LogP contribution is -2.49. The van der Waals surface area contributed by atoms with Gasteiger partial charge in [0.2, 0.25) is 15.9 Å². The van der Waals surface area contributed by atoms with Gasteiger partial charge in [0.15, 0.2) is 0 Å². The minimum absolute atomic E-state index is 0.0100. The van der Waals surface area contributed by atoms with Crippen molar-refractivity contribution in [2.24, 2.45) is 0 Å². The normalized spacial score (nSPS) is 15.5. The summed E-state index contributed by atoms with van der Waals surface area (Å²) in [6.45, 7) is 0.222. The zero-order valence-electron chi connectivity index (χ0n) is 18.0. The van der Waals surface area contributed by atoms with E-state index < -0.39 is 10.0 Å². The van der Waals surface area contributed by atoms with Crippen LogP contribution in [-0.2, 0) is 21.2 Å². The van der Waals surface area contributed by atoms with Gasteiger partial charge in [-0.15, -0.1) is 0 Å². The Balaban J connectivity index is 1.57. The smallest absolute Gasteiger partial charge is 0.251 e. The number of carbonyl (C=O) groups is 2. The largest absolute Gasteiger partial charge is 0.354 e. The van der Waals surface area contributed by atoms with Gasteiger partial charge in [0.05, 0.1) is 17.5 Å². The number of nitrogens with one attached hydrogen (secondary N) is 2. The van der Waals surface area contributed by atoms with Crippen molar-refractivity contribution in [2.75, 3.05) is 19.6 Å².